The van der Waals surface area contributed by atoms with Gasteiger partial charge in [-0.3, -0.25) is 9.69 Å². The molecule has 3 heterocycles. The molecule has 0 spiro atoms. The van der Waals surface area contributed by atoms with Crippen molar-refractivity contribution in [3.8, 4) is 6.07 Å². The van der Waals surface area contributed by atoms with E-state index in [1.807, 2.05) is 0 Å². The standard InChI is InChI=1S/C28H30F4N6O3/c1-15(17-5-4-6-18(20(17)30)23(31)32)34-24-19(26-40-9-10-41-26)21(35-16(2)36-24)22(38-13-27(3,12-33)14-38)25(39)37-28(11-29)7-8-28/h4-6,9-10,15,22-23,26H,7-8,11,13-14H2,1-3H3,(H,37,39)(H,34,35,36)/t15-,22?/m1/s1. The molecule has 1 amide bonds. The SMILES string of the molecule is Cc1nc(N[C@H](C)c2cccc(C(F)F)c2F)c(C2OC=CO2)c(C(C(=O)NC2(CF)CC2)N2CC(C)(C#N)C2)n1. The minimum Gasteiger partial charge on any atom is -0.455 e. The Kier molecular flexibility index (Phi) is 7.54. The normalized spacial score (nSPS) is 20.4. The Labute approximate surface area is 234 Å². The number of nitrogens with zero attached hydrogens (tertiary/aromatic N) is 4. The van der Waals surface area contributed by atoms with Gasteiger partial charge in [0.1, 0.15) is 42.7 Å². The van der Waals surface area contributed by atoms with Gasteiger partial charge in [-0.25, -0.2) is 27.5 Å². The molecule has 13 heteroatoms. The highest BCUT2D eigenvalue weighted by atomic mass is 19.3. The van der Waals surface area contributed by atoms with Crippen molar-refractivity contribution in [2.45, 2.75) is 64.0 Å². The van der Waals surface area contributed by atoms with Gasteiger partial charge in [-0.15, -0.1) is 0 Å². The average molecular weight is 575 g/mol. The van der Waals surface area contributed by atoms with E-state index in [1.54, 1.807) is 25.7 Å². The molecule has 218 valence electrons. The molecule has 1 aliphatic carbocycles. The van der Waals surface area contributed by atoms with Crippen molar-refractivity contribution in [3.05, 3.63) is 64.7 Å². The number of alkyl halides is 3. The minimum atomic E-state index is -2.99. The number of aryl methyl sites for hydroxylation is 1. The van der Waals surface area contributed by atoms with Crippen LogP contribution in [0.25, 0.3) is 0 Å². The van der Waals surface area contributed by atoms with E-state index >= 15 is 4.39 Å². The van der Waals surface area contributed by atoms with E-state index in [-0.39, 0.29) is 41.6 Å². The van der Waals surface area contributed by atoms with Crippen LogP contribution < -0.4 is 10.6 Å². The number of rotatable bonds is 10. The minimum absolute atomic E-state index is 0.0154. The third kappa shape index (κ3) is 5.53. The van der Waals surface area contributed by atoms with Crippen LogP contribution >= 0.6 is 0 Å². The monoisotopic (exact) mass is 574 g/mol. The quantitative estimate of drug-likeness (QED) is 0.379. The lowest BCUT2D eigenvalue weighted by molar-refractivity contribution is -0.132. The van der Waals surface area contributed by atoms with E-state index in [4.69, 9.17) is 9.47 Å². The lowest BCUT2D eigenvalue weighted by Crippen LogP contribution is -2.59. The Morgan fingerprint density at radius 1 is 1.22 bits per heavy atom. The van der Waals surface area contributed by atoms with Gasteiger partial charge < -0.3 is 20.1 Å². The molecule has 1 aromatic carbocycles. The number of hydrogen-bond donors (Lipinski definition) is 2. The zero-order valence-corrected chi connectivity index (χ0v) is 22.8. The molecular formula is C28H30F4N6O3. The Hall–Kier alpha value is -3.92. The highest BCUT2D eigenvalue weighted by molar-refractivity contribution is 5.85. The number of nitrogens with one attached hydrogen (secondary N) is 2. The molecule has 1 unspecified atom stereocenters. The number of amides is 1. The maximum Gasteiger partial charge on any atom is 0.271 e. The highest BCUT2D eigenvalue weighted by Crippen LogP contribution is 2.43. The number of ether oxygens (including phenoxy) is 2. The van der Waals surface area contributed by atoms with Crippen molar-refractivity contribution < 1.29 is 31.8 Å². The molecule has 0 radical (unpaired) electrons. The molecule has 41 heavy (non-hydrogen) atoms. The zero-order valence-electron chi connectivity index (χ0n) is 22.8. The Bertz CT molecular complexity index is 1400. The second-order valence-corrected chi connectivity index (χ2v) is 11.1. The van der Waals surface area contributed by atoms with Gasteiger partial charge in [0.25, 0.3) is 12.7 Å². The summed E-state index contributed by atoms with van der Waals surface area (Å²) < 4.78 is 66.8. The summed E-state index contributed by atoms with van der Waals surface area (Å²) in [5.74, 6) is -1.15. The molecule has 1 saturated carbocycles. The maximum absolute atomic E-state index is 15.0. The largest absolute Gasteiger partial charge is 0.455 e. The molecule has 1 saturated heterocycles. The summed E-state index contributed by atoms with van der Waals surface area (Å²) in [4.78, 5) is 24.6. The fraction of sp³-hybridized carbons (Fsp3) is 0.500. The average Bonchev–Trinajstić information content (AvgIpc) is 3.47. The summed E-state index contributed by atoms with van der Waals surface area (Å²) in [6, 6.07) is 4.11. The van der Waals surface area contributed by atoms with Crippen LogP contribution in [0.4, 0.5) is 23.4 Å². The van der Waals surface area contributed by atoms with Crippen LogP contribution in [0.5, 0.6) is 0 Å². The Balaban J connectivity index is 1.57. The van der Waals surface area contributed by atoms with Gasteiger partial charge >= 0.3 is 0 Å². The first-order valence-electron chi connectivity index (χ1n) is 13.2. The van der Waals surface area contributed by atoms with E-state index in [0.717, 1.165) is 6.07 Å². The zero-order chi connectivity index (χ0) is 29.5. The number of anilines is 1. The molecule has 2 aliphatic heterocycles. The molecule has 3 aliphatic rings. The Morgan fingerprint density at radius 3 is 2.46 bits per heavy atom. The molecule has 0 bridgehead atoms. The van der Waals surface area contributed by atoms with Crippen molar-refractivity contribution in [1.82, 2.24) is 20.2 Å². The predicted octanol–water partition coefficient (Wildman–Crippen LogP) is 5.06. The fourth-order valence-electron chi connectivity index (χ4n) is 5.22. The molecule has 2 fully saturated rings. The van der Waals surface area contributed by atoms with Crippen molar-refractivity contribution in [2.75, 3.05) is 25.1 Å². The van der Waals surface area contributed by atoms with Crippen molar-refractivity contribution in [3.63, 3.8) is 0 Å². The van der Waals surface area contributed by atoms with Crippen LogP contribution in [0.2, 0.25) is 0 Å². The van der Waals surface area contributed by atoms with E-state index in [0.29, 0.717) is 12.8 Å². The first-order chi connectivity index (χ1) is 19.5. The molecular weight excluding hydrogens is 544 g/mol. The third-order valence-corrected chi connectivity index (χ3v) is 7.64. The molecule has 5 rings (SSSR count). The summed E-state index contributed by atoms with van der Waals surface area (Å²) in [5, 5.41) is 15.5. The van der Waals surface area contributed by atoms with Gasteiger partial charge in [0.15, 0.2) is 0 Å². The van der Waals surface area contributed by atoms with Gasteiger partial charge in [0.05, 0.1) is 39.9 Å². The lowest BCUT2D eigenvalue weighted by atomic mass is 9.81. The van der Waals surface area contributed by atoms with E-state index in [2.05, 4.69) is 26.7 Å². The topological polar surface area (TPSA) is 112 Å². The lowest BCUT2D eigenvalue weighted by Gasteiger charge is -2.47. The number of hydrogen-bond acceptors (Lipinski definition) is 8. The van der Waals surface area contributed by atoms with Crippen LogP contribution in [0.3, 0.4) is 0 Å². The van der Waals surface area contributed by atoms with E-state index in [9.17, 15) is 23.2 Å². The number of nitriles is 1. The molecule has 2 atom stereocenters. The van der Waals surface area contributed by atoms with Gasteiger partial charge in [-0.05, 0) is 33.6 Å². The van der Waals surface area contributed by atoms with Crippen LogP contribution in [0.1, 0.15) is 79.7 Å². The van der Waals surface area contributed by atoms with Gasteiger partial charge in [-0.1, -0.05) is 18.2 Å². The van der Waals surface area contributed by atoms with Gasteiger partial charge in [0.2, 0.25) is 5.91 Å². The summed E-state index contributed by atoms with van der Waals surface area (Å²) in [6.07, 6.45) is -0.472. The fourth-order valence-corrected chi connectivity index (χ4v) is 5.22. The van der Waals surface area contributed by atoms with Crippen LogP contribution in [0, 0.1) is 29.5 Å². The second kappa shape index (κ2) is 10.8. The maximum atomic E-state index is 15.0. The van der Waals surface area contributed by atoms with Crippen molar-refractivity contribution in [1.29, 1.82) is 5.26 Å². The number of aromatic nitrogens is 2. The number of carbonyl (C=O) groups is 1. The van der Waals surface area contributed by atoms with Crippen molar-refractivity contribution >= 4 is 11.7 Å². The van der Waals surface area contributed by atoms with Crippen LogP contribution in [-0.4, -0.2) is 46.1 Å². The van der Waals surface area contributed by atoms with E-state index < -0.39 is 59.7 Å². The van der Waals surface area contributed by atoms with Gasteiger partial charge in [0, 0.05) is 18.7 Å². The van der Waals surface area contributed by atoms with Crippen LogP contribution in [0.15, 0.2) is 30.7 Å². The van der Waals surface area contributed by atoms with Crippen LogP contribution in [-0.2, 0) is 14.3 Å². The number of likely N-dealkylation sites (tertiary alicyclic amines) is 1. The highest BCUT2D eigenvalue weighted by Gasteiger charge is 2.51. The number of benzene rings is 1. The number of carbonyl (C=O) groups excluding carboxylic acids is 1. The molecule has 2 N–H and O–H groups in total. The van der Waals surface area contributed by atoms with Crippen molar-refractivity contribution in [2.24, 2.45) is 5.41 Å². The molecule has 9 nitrogen and oxygen atoms in total. The molecule has 1 aromatic heterocycles. The predicted molar refractivity (Wildman–Crippen MR) is 138 cm³/mol. The first-order valence-corrected chi connectivity index (χ1v) is 13.2. The smallest absolute Gasteiger partial charge is 0.271 e. The summed E-state index contributed by atoms with van der Waals surface area (Å²) in [6.45, 7) is 4.75. The summed E-state index contributed by atoms with van der Waals surface area (Å²) in [7, 11) is 0. The summed E-state index contributed by atoms with van der Waals surface area (Å²) >= 11 is 0. The number of halogens is 4. The Morgan fingerprint density at radius 2 is 1.88 bits per heavy atom. The first kappa shape index (κ1) is 28.6. The molecule has 2 aromatic rings. The summed E-state index contributed by atoms with van der Waals surface area (Å²) in [5.41, 5.74) is -1.93. The van der Waals surface area contributed by atoms with Gasteiger partial charge in [-0.2, -0.15) is 5.26 Å². The third-order valence-electron chi connectivity index (χ3n) is 7.64. The second-order valence-electron chi connectivity index (χ2n) is 11.1. The van der Waals surface area contributed by atoms with E-state index in [1.165, 1.54) is 24.7 Å².